The second-order valence-corrected chi connectivity index (χ2v) is 4.54. The molecule has 0 heterocycles. The molecule has 0 saturated carbocycles. The molecule has 17 heavy (non-hydrogen) atoms. The van der Waals surface area contributed by atoms with Gasteiger partial charge in [-0.05, 0) is 0 Å². The minimum atomic E-state index is -6.09. The molecule has 107 valence electrons. The maximum atomic E-state index is 10.7. The Hall–Kier alpha value is -0.0805. The van der Waals surface area contributed by atoms with Crippen LogP contribution in [0.25, 0.3) is 0 Å². The first-order valence-electron chi connectivity index (χ1n) is 2.54. The molecular formula is C2F6MnO6S2-2. The largest absolute Gasteiger partial charge is 0.741 e. The zero-order valence-electron chi connectivity index (χ0n) is 6.91. The average Bonchev–Trinajstić information content (AvgIpc) is 1.77. The van der Waals surface area contributed by atoms with Gasteiger partial charge in [-0.3, -0.25) is 0 Å². The van der Waals surface area contributed by atoms with Crippen LogP contribution in [0.4, 0.5) is 26.3 Å². The van der Waals surface area contributed by atoms with Gasteiger partial charge in [0.2, 0.25) is 0 Å². The number of hydrogen-bond acceptors (Lipinski definition) is 6. The summed E-state index contributed by atoms with van der Waals surface area (Å²) in [6.07, 6.45) is 0. The van der Waals surface area contributed by atoms with Crippen LogP contribution in [0, 0.1) is 0 Å². The molecule has 0 aliphatic carbocycles. The maximum Gasteiger partial charge on any atom is 0.485 e. The first-order valence-corrected chi connectivity index (χ1v) is 5.36. The summed E-state index contributed by atoms with van der Waals surface area (Å²) >= 11 is 0. The van der Waals surface area contributed by atoms with Crippen LogP contribution in [0.5, 0.6) is 0 Å². The molecule has 0 unspecified atom stereocenters. The van der Waals surface area contributed by atoms with Gasteiger partial charge in [-0.1, -0.05) is 0 Å². The smallest absolute Gasteiger partial charge is 0.485 e. The molecule has 15 heteroatoms. The van der Waals surface area contributed by atoms with Gasteiger partial charge in [0.05, 0.1) is 0 Å². The Balaban J connectivity index is -0.000000218. The molecule has 0 aliphatic heterocycles. The number of rotatable bonds is 0. The van der Waals surface area contributed by atoms with Crippen LogP contribution in [-0.2, 0) is 37.3 Å². The van der Waals surface area contributed by atoms with Crippen LogP contribution in [0.15, 0.2) is 0 Å². The van der Waals surface area contributed by atoms with Crippen LogP contribution in [0.1, 0.15) is 0 Å². The predicted octanol–water partition coefficient (Wildman–Crippen LogP) is 0.100. The number of hydrogen-bond donors (Lipinski definition) is 0. The predicted molar refractivity (Wildman–Crippen MR) is 31.5 cm³/mol. The molecule has 1 radical (unpaired) electrons. The number of halogens is 6. The van der Waals surface area contributed by atoms with E-state index >= 15 is 0 Å². The molecule has 0 aliphatic rings. The van der Waals surface area contributed by atoms with Crippen LogP contribution in [0.2, 0.25) is 0 Å². The standard InChI is InChI=1S/2CHF3O3S.Mn/c2*2-1(3,4)8(5,6)7;/h2*(H,5,6,7);/p-2. The second kappa shape index (κ2) is 6.19. The molecule has 0 spiro atoms. The molecule has 0 aromatic heterocycles. The Morgan fingerprint density at radius 2 is 0.706 bits per heavy atom. The van der Waals surface area contributed by atoms with Gasteiger partial charge >= 0.3 is 11.0 Å². The SMILES string of the molecule is O=S(=O)([O-])C(F)(F)F.O=S(=O)([O-])C(F)(F)F.[Mn]. The van der Waals surface area contributed by atoms with E-state index in [-0.39, 0.29) is 17.1 Å². The number of alkyl halides is 6. The van der Waals surface area contributed by atoms with Crippen LogP contribution < -0.4 is 0 Å². The van der Waals surface area contributed by atoms with E-state index in [1.165, 1.54) is 0 Å². The molecule has 0 atom stereocenters. The molecular weight excluding hydrogens is 353 g/mol. The molecule has 0 rings (SSSR count). The van der Waals surface area contributed by atoms with E-state index in [9.17, 15) is 26.3 Å². The maximum absolute atomic E-state index is 10.7. The van der Waals surface area contributed by atoms with Crippen molar-refractivity contribution >= 4 is 20.2 Å². The summed E-state index contributed by atoms with van der Waals surface area (Å²) in [5.41, 5.74) is -11.3. The van der Waals surface area contributed by atoms with E-state index in [2.05, 4.69) is 0 Å². The molecule has 0 bridgehead atoms. The molecule has 0 N–H and O–H groups in total. The van der Waals surface area contributed by atoms with E-state index in [0.717, 1.165) is 0 Å². The molecule has 0 fully saturated rings. The monoisotopic (exact) mass is 353 g/mol. The third-order valence-electron chi connectivity index (χ3n) is 0.567. The van der Waals surface area contributed by atoms with Crippen molar-refractivity contribution in [3.05, 3.63) is 0 Å². The zero-order chi connectivity index (χ0) is 14.0. The summed E-state index contributed by atoms with van der Waals surface area (Å²) < 4.78 is 118. The Morgan fingerprint density at radius 1 is 0.647 bits per heavy atom. The molecule has 6 nitrogen and oxygen atoms in total. The topological polar surface area (TPSA) is 114 Å². The van der Waals surface area contributed by atoms with Crippen LogP contribution in [-0.4, -0.2) is 37.0 Å². The summed E-state index contributed by atoms with van der Waals surface area (Å²) in [6, 6.07) is 0. The summed E-state index contributed by atoms with van der Waals surface area (Å²) in [7, 11) is -12.2. The van der Waals surface area contributed by atoms with Crippen molar-refractivity contribution < 1.29 is 69.4 Å². The fourth-order valence-electron chi connectivity index (χ4n) is 0. The zero-order valence-corrected chi connectivity index (χ0v) is 9.73. The second-order valence-electron chi connectivity index (χ2n) is 1.80. The van der Waals surface area contributed by atoms with Crippen molar-refractivity contribution in [3.63, 3.8) is 0 Å². The van der Waals surface area contributed by atoms with Gasteiger partial charge in [0, 0.05) is 17.1 Å². The van der Waals surface area contributed by atoms with Crippen molar-refractivity contribution in [2.75, 3.05) is 0 Å². The fourth-order valence-corrected chi connectivity index (χ4v) is 0. The van der Waals surface area contributed by atoms with Gasteiger partial charge in [0.1, 0.15) is 0 Å². The van der Waals surface area contributed by atoms with E-state index in [1.54, 1.807) is 0 Å². The van der Waals surface area contributed by atoms with E-state index in [1.807, 2.05) is 0 Å². The third-order valence-corrected chi connectivity index (χ3v) is 1.70. The Bertz CT molecular complexity index is 374. The first-order chi connectivity index (χ1) is 6.50. The van der Waals surface area contributed by atoms with Crippen molar-refractivity contribution in [1.82, 2.24) is 0 Å². The van der Waals surface area contributed by atoms with E-state index in [4.69, 9.17) is 25.9 Å². The van der Waals surface area contributed by atoms with Gasteiger partial charge < -0.3 is 9.11 Å². The van der Waals surface area contributed by atoms with E-state index < -0.39 is 31.3 Å². The Labute approximate surface area is 101 Å². The quantitative estimate of drug-likeness (QED) is 0.264. The van der Waals surface area contributed by atoms with Gasteiger partial charge in [-0.2, -0.15) is 26.3 Å². The average molecular weight is 353 g/mol. The van der Waals surface area contributed by atoms with Crippen LogP contribution in [0.3, 0.4) is 0 Å². The van der Waals surface area contributed by atoms with Gasteiger partial charge in [0.25, 0.3) is 0 Å². The minimum Gasteiger partial charge on any atom is -0.741 e. The molecule has 0 amide bonds. The fraction of sp³-hybridized carbons (Fsp3) is 1.00. The summed E-state index contributed by atoms with van der Waals surface area (Å²) in [5.74, 6) is 0. The summed E-state index contributed by atoms with van der Waals surface area (Å²) in [4.78, 5) is 0. The summed E-state index contributed by atoms with van der Waals surface area (Å²) in [6.45, 7) is 0. The van der Waals surface area contributed by atoms with Gasteiger partial charge in [0.15, 0.2) is 20.2 Å². The first kappa shape index (κ1) is 22.1. The minimum absolute atomic E-state index is 0. The van der Waals surface area contributed by atoms with Crippen LogP contribution >= 0.6 is 0 Å². The molecule has 0 aromatic carbocycles. The summed E-state index contributed by atoms with van der Waals surface area (Å²) in [5, 5.41) is 0. The Kier molecular flexibility index (Phi) is 8.06. The third kappa shape index (κ3) is 9.61. The van der Waals surface area contributed by atoms with Crippen molar-refractivity contribution in [1.29, 1.82) is 0 Å². The van der Waals surface area contributed by atoms with Crippen molar-refractivity contribution in [2.45, 2.75) is 11.0 Å². The van der Waals surface area contributed by atoms with Gasteiger partial charge in [-0.15, -0.1) is 0 Å². The molecule has 0 aromatic rings. The van der Waals surface area contributed by atoms with Crippen molar-refractivity contribution in [2.24, 2.45) is 0 Å². The van der Waals surface area contributed by atoms with Crippen molar-refractivity contribution in [3.8, 4) is 0 Å². The van der Waals surface area contributed by atoms with Gasteiger partial charge in [-0.25, -0.2) is 16.8 Å². The Morgan fingerprint density at radius 3 is 0.706 bits per heavy atom. The normalized spacial score (nSPS) is 13.2. The van der Waals surface area contributed by atoms with E-state index in [0.29, 0.717) is 0 Å². The molecule has 0 saturated heterocycles.